The lowest BCUT2D eigenvalue weighted by Crippen LogP contribution is -2.55. The number of anilines is 2. The molecule has 3 aromatic carbocycles. The highest BCUT2D eigenvalue weighted by Gasteiger charge is 2.43. The van der Waals surface area contributed by atoms with Gasteiger partial charge in [0.15, 0.2) is 17.5 Å². The largest absolute Gasteiger partial charge is 0.368 e. The summed E-state index contributed by atoms with van der Waals surface area (Å²) in [5, 5.41) is 5.01. The second-order valence-corrected chi connectivity index (χ2v) is 10.9. The van der Waals surface area contributed by atoms with Gasteiger partial charge >= 0.3 is 0 Å². The molecule has 5 heterocycles. The number of rotatable bonds is 3. The zero-order chi connectivity index (χ0) is 28.9. The van der Waals surface area contributed by atoms with Crippen LogP contribution in [-0.2, 0) is 0 Å². The summed E-state index contributed by atoms with van der Waals surface area (Å²) in [5.41, 5.74) is 6.72. The molecule has 0 saturated carbocycles. The molecule has 8 rings (SSSR count). The molecule has 0 unspecified atom stereocenters. The van der Waals surface area contributed by atoms with E-state index in [0.717, 1.165) is 83.4 Å². The first-order valence-electron chi connectivity index (χ1n) is 14.5. The summed E-state index contributed by atoms with van der Waals surface area (Å²) in [6.07, 6.45) is 1.84. The molecular formula is C34H29FN8. The predicted molar refractivity (Wildman–Crippen MR) is 168 cm³/mol. The summed E-state index contributed by atoms with van der Waals surface area (Å²) in [7, 11) is 0. The number of fused-ring (bicyclic) bond motifs is 4. The van der Waals surface area contributed by atoms with Gasteiger partial charge in [-0.15, -0.1) is 0 Å². The van der Waals surface area contributed by atoms with Crippen LogP contribution in [-0.4, -0.2) is 57.5 Å². The smallest absolute Gasteiger partial charge is 0.179 e. The van der Waals surface area contributed by atoms with Crippen molar-refractivity contribution >= 4 is 34.6 Å². The highest BCUT2D eigenvalue weighted by molar-refractivity contribution is 6.48. The fourth-order valence-corrected chi connectivity index (χ4v) is 6.31. The second-order valence-electron chi connectivity index (χ2n) is 10.9. The van der Waals surface area contributed by atoms with E-state index in [9.17, 15) is 4.39 Å². The lowest BCUT2D eigenvalue weighted by molar-refractivity contribution is 0.389. The fourth-order valence-electron chi connectivity index (χ4n) is 6.31. The molecule has 43 heavy (non-hydrogen) atoms. The van der Waals surface area contributed by atoms with E-state index in [4.69, 9.17) is 20.1 Å². The van der Waals surface area contributed by atoms with Crippen molar-refractivity contribution in [3.63, 3.8) is 0 Å². The van der Waals surface area contributed by atoms with Crippen molar-refractivity contribution in [2.24, 2.45) is 9.98 Å². The number of aliphatic imine (C=N–C) groups is 2. The Morgan fingerprint density at radius 1 is 0.698 bits per heavy atom. The minimum absolute atomic E-state index is 0.222. The van der Waals surface area contributed by atoms with E-state index < -0.39 is 0 Å². The summed E-state index contributed by atoms with van der Waals surface area (Å²) < 4.78 is 15.5. The number of pyridine rings is 1. The Hall–Kier alpha value is -5.31. The van der Waals surface area contributed by atoms with E-state index in [0.29, 0.717) is 0 Å². The molecule has 0 amide bonds. The van der Waals surface area contributed by atoms with Crippen LogP contribution in [0.5, 0.6) is 0 Å². The predicted octanol–water partition coefficient (Wildman–Crippen LogP) is 6.22. The number of hydrogen-bond acceptors (Lipinski definition) is 7. The van der Waals surface area contributed by atoms with Crippen LogP contribution >= 0.6 is 0 Å². The van der Waals surface area contributed by atoms with Crippen LogP contribution in [0.15, 0.2) is 113 Å². The van der Waals surface area contributed by atoms with Crippen LogP contribution in [0.4, 0.5) is 27.3 Å². The lowest BCUT2D eigenvalue weighted by atomic mass is 9.96. The first-order chi connectivity index (χ1) is 21.2. The molecule has 0 spiro atoms. The van der Waals surface area contributed by atoms with E-state index in [-0.39, 0.29) is 11.9 Å². The van der Waals surface area contributed by atoms with Gasteiger partial charge in [0, 0.05) is 43.6 Å². The van der Waals surface area contributed by atoms with Gasteiger partial charge in [-0.2, -0.15) is 5.10 Å². The number of benzene rings is 3. The highest BCUT2D eigenvalue weighted by atomic mass is 19.1. The standard InChI is InChI=1S/C34H29FN8/c1-23-30-31(28-12-7-8-18-36-28)42-29-13-6-5-11-27(29)37-33(34(42)38-32(30)43(39-23)26-9-3-2-4-10-26)41-21-19-40(20-22-41)25-16-14-24(35)15-17-25/h2-18,31H,19-22H2,1H3/t31-/m1/s1. The molecule has 8 nitrogen and oxygen atoms in total. The molecule has 1 saturated heterocycles. The zero-order valence-corrected chi connectivity index (χ0v) is 23.7. The van der Waals surface area contributed by atoms with Gasteiger partial charge in [-0.05, 0) is 67.6 Å². The van der Waals surface area contributed by atoms with Crippen LogP contribution in [0.1, 0.15) is 23.0 Å². The molecule has 0 aliphatic carbocycles. The van der Waals surface area contributed by atoms with Gasteiger partial charge in [-0.1, -0.05) is 36.4 Å². The molecule has 0 radical (unpaired) electrons. The number of nitrogens with zero attached hydrogens (tertiary/aromatic N) is 8. The third-order valence-electron chi connectivity index (χ3n) is 8.36. The SMILES string of the molecule is Cc1nn(-c2ccccc2)c2c1[C@@H](c1ccccn1)N1C(=N2)C(N2CCN(c3ccc(F)cc3)CC2)=Nc2ccccc21. The normalized spacial score (nSPS) is 17.5. The Bertz CT molecular complexity index is 1860. The van der Waals surface area contributed by atoms with Crippen LogP contribution in [0, 0.1) is 12.7 Å². The zero-order valence-electron chi connectivity index (χ0n) is 23.7. The molecule has 0 bridgehead atoms. The minimum Gasteiger partial charge on any atom is -0.368 e. The van der Waals surface area contributed by atoms with Crippen LogP contribution in [0.3, 0.4) is 0 Å². The van der Waals surface area contributed by atoms with E-state index in [2.05, 4.69) is 45.0 Å². The maximum atomic E-state index is 13.6. The maximum absolute atomic E-state index is 13.6. The summed E-state index contributed by atoms with van der Waals surface area (Å²) in [6, 6.07) is 30.9. The Morgan fingerprint density at radius 2 is 1.42 bits per heavy atom. The van der Waals surface area contributed by atoms with Gasteiger partial charge in [0.05, 0.1) is 28.5 Å². The van der Waals surface area contributed by atoms with Crippen LogP contribution in [0.2, 0.25) is 0 Å². The number of para-hydroxylation sites is 3. The molecule has 1 fully saturated rings. The number of aryl methyl sites for hydroxylation is 1. The first-order valence-corrected chi connectivity index (χ1v) is 14.5. The number of amidine groups is 2. The van der Waals surface area contributed by atoms with Crippen molar-refractivity contribution in [2.45, 2.75) is 13.0 Å². The van der Waals surface area contributed by atoms with Gasteiger partial charge in [0.1, 0.15) is 11.9 Å². The molecule has 1 atom stereocenters. The summed E-state index contributed by atoms with van der Waals surface area (Å²) >= 11 is 0. The van der Waals surface area contributed by atoms with Gasteiger partial charge in [-0.25, -0.2) is 19.1 Å². The van der Waals surface area contributed by atoms with Crippen molar-refractivity contribution in [3.8, 4) is 5.69 Å². The first kappa shape index (κ1) is 25.4. The van der Waals surface area contributed by atoms with Gasteiger partial charge in [0.25, 0.3) is 0 Å². The Morgan fingerprint density at radius 3 is 2.19 bits per heavy atom. The van der Waals surface area contributed by atoms with Crippen molar-refractivity contribution in [1.82, 2.24) is 19.7 Å². The van der Waals surface area contributed by atoms with E-state index >= 15 is 0 Å². The Kier molecular flexibility index (Phi) is 6.03. The average molecular weight is 569 g/mol. The summed E-state index contributed by atoms with van der Waals surface area (Å²) in [5.74, 6) is 2.19. The van der Waals surface area contributed by atoms with E-state index in [1.165, 1.54) is 12.1 Å². The molecule has 9 heteroatoms. The fraction of sp³-hybridized carbons (Fsp3) is 0.176. The third kappa shape index (κ3) is 4.27. The van der Waals surface area contributed by atoms with Crippen molar-refractivity contribution in [2.75, 3.05) is 36.0 Å². The summed E-state index contributed by atoms with van der Waals surface area (Å²) in [4.78, 5) is 22.3. The summed E-state index contributed by atoms with van der Waals surface area (Å²) in [6.45, 7) is 5.13. The molecule has 5 aromatic rings. The van der Waals surface area contributed by atoms with Crippen molar-refractivity contribution < 1.29 is 4.39 Å². The topological polar surface area (TPSA) is 65.2 Å². The number of halogens is 1. The Labute approximate surface area is 249 Å². The van der Waals surface area contributed by atoms with Crippen molar-refractivity contribution in [3.05, 3.63) is 126 Å². The number of aromatic nitrogens is 3. The van der Waals surface area contributed by atoms with Crippen LogP contribution in [0.25, 0.3) is 5.69 Å². The molecule has 2 aromatic heterocycles. The van der Waals surface area contributed by atoms with Crippen LogP contribution < -0.4 is 9.80 Å². The minimum atomic E-state index is -0.242. The lowest BCUT2D eigenvalue weighted by Gasteiger charge is -2.44. The number of piperazine rings is 1. The monoisotopic (exact) mass is 568 g/mol. The van der Waals surface area contributed by atoms with Crippen molar-refractivity contribution in [1.29, 1.82) is 0 Å². The van der Waals surface area contributed by atoms with E-state index in [1.54, 1.807) is 0 Å². The maximum Gasteiger partial charge on any atom is 0.179 e. The van der Waals surface area contributed by atoms with Gasteiger partial charge in [0.2, 0.25) is 0 Å². The average Bonchev–Trinajstić information content (AvgIpc) is 3.40. The molecular weight excluding hydrogens is 539 g/mol. The second kappa shape index (κ2) is 10.2. The highest BCUT2D eigenvalue weighted by Crippen LogP contribution is 2.48. The molecule has 0 N–H and O–H groups in total. The molecule has 212 valence electrons. The Balaban J connectivity index is 1.27. The number of hydrogen-bond donors (Lipinski definition) is 0. The third-order valence-corrected chi connectivity index (χ3v) is 8.36. The van der Waals surface area contributed by atoms with E-state index in [1.807, 2.05) is 72.4 Å². The van der Waals surface area contributed by atoms with Gasteiger partial charge < -0.3 is 14.7 Å². The molecule has 3 aliphatic heterocycles. The van der Waals surface area contributed by atoms with Gasteiger partial charge in [-0.3, -0.25) is 4.98 Å². The quantitative estimate of drug-likeness (QED) is 0.259. The molecule has 3 aliphatic rings.